The van der Waals surface area contributed by atoms with Gasteiger partial charge in [0.05, 0.1) is 18.9 Å². The van der Waals surface area contributed by atoms with E-state index in [1.54, 1.807) is 0 Å². The number of nitrogens with zero attached hydrogens (tertiary/aromatic N) is 1. The van der Waals surface area contributed by atoms with Gasteiger partial charge in [0.1, 0.15) is 0 Å². The van der Waals surface area contributed by atoms with Crippen molar-refractivity contribution in [3.05, 3.63) is 35.9 Å². The summed E-state index contributed by atoms with van der Waals surface area (Å²) in [6, 6.07) is 9.27. The highest BCUT2D eigenvalue weighted by Gasteiger charge is 2.38. The van der Waals surface area contributed by atoms with E-state index in [1.165, 1.54) is 0 Å². The molecule has 90 valence electrons. The molecule has 1 heterocycles. The van der Waals surface area contributed by atoms with Crippen LogP contribution in [0.15, 0.2) is 30.3 Å². The van der Waals surface area contributed by atoms with E-state index in [9.17, 15) is 9.59 Å². The van der Waals surface area contributed by atoms with E-state index in [-0.39, 0.29) is 18.4 Å². The summed E-state index contributed by atoms with van der Waals surface area (Å²) in [6.45, 7) is 0. The molecule has 1 aromatic rings. The van der Waals surface area contributed by atoms with Crippen LogP contribution >= 0.6 is 15.9 Å². The SMILES string of the molecule is O=C(Cc1ccccc1)ON1C(=O)CC1CBr. The molecule has 1 atom stereocenters. The molecular weight excluding hydrogens is 286 g/mol. The minimum Gasteiger partial charge on any atom is -0.337 e. The highest BCUT2D eigenvalue weighted by Crippen LogP contribution is 2.21. The van der Waals surface area contributed by atoms with Gasteiger partial charge in [-0.1, -0.05) is 46.3 Å². The standard InChI is InChI=1S/C12H12BrNO3/c13-8-10-7-11(15)14(10)17-12(16)6-9-4-2-1-3-5-9/h1-5,10H,6-8H2. The van der Waals surface area contributed by atoms with Crippen molar-refractivity contribution in [1.82, 2.24) is 5.06 Å². The number of hydrogen-bond acceptors (Lipinski definition) is 3. The van der Waals surface area contributed by atoms with Crippen LogP contribution in [-0.4, -0.2) is 28.3 Å². The molecule has 1 saturated heterocycles. The van der Waals surface area contributed by atoms with E-state index < -0.39 is 5.97 Å². The van der Waals surface area contributed by atoms with Crippen LogP contribution in [0, 0.1) is 0 Å². The fraction of sp³-hybridized carbons (Fsp3) is 0.333. The molecule has 0 aliphatic carbocycles. The molecule has 1 aliphatic rings. The second-order valence-corrected chi connectivity index (χ2v) is 4.50. The Labute approximate surface area is 108 Å². The summed E-state index contributed by atoms with van der Waals surface area (Å²) >= 11 is 3.27. The zero-order chi connectivity index (χ0) is 12.3. The minimum atomic E-state index is -0.407. The Bertz CT molecular complexity index is 421. The van der Waals surface area contributed by atoms with Gasteiger partial charge in [0.25, 0.3) is 5.91 Å². The molecule has 1 amide bonds. The molecule has 1 aliphatic heterocycles. The molecule has 0 aromatic heterocycles. The number of β-lactam (4-membered cyclic amide) rings is 1. The molecule has 0 saturated carbocycles. The lowest BCUT2D eigenvalue weighted by atomic mass is 10.1. The van der Waals surface area contributed by atoms with Crippen molar-refractivity contribution < 1.29 is 14.4 Å². The average Bonchev–Trinajstić information content (AvgIpc) is 2.34. The van der Waals surface area contributed by atoms with Crippen molar-refractivity contribution in [2.24, 2.45) is 0 Å². The van der Waals surface area contributed by atoms with Gasteiger partial charge < -0.3 is 4.84 Å². The number of halogens is 1. The van der Waals surface area contributed by atoms with Crippen LogP contribution in [0.1, 0.15) is 12.0 Å². The number of carbonyl (C=O) groups is 2. The average molecular weight is 298 g/mol. The Morgan fingerprint density at radius 1 is 1.41 bits per heavy atom. The Kier molecular flexibility index (Phi) is 3.78. The van der Waals surface area contributed by atoms with Crippen LogP contribution < -0.4 is 0 Å². The van der Waals surface area contributed by atoms with E-state index in [4.69, 9.17) is 4.84 Å². The smallest absolute Gasteiger partial charge is 0.336 e. The van der Waals surface area contributed by atoms with E-state index in [1.807, 2.05) is 30.3 Å². The first-order valence-electron chi connectivity index (χ1n) is 5.33. The lowest BCUT2D eigenvalue weighted by Crippen LogP contribution is -2.54. The predicted octanol–water partition coefficient (Wildman–Crippen LogP) is 1.68. The summed E-state index contributed by atoms with van der Waals surface area (Å²) in [5.74, 6) is -0.550. The topological polar surface area (TPSA) is 46.6 Å². The van der Waals surface area contributed by atoms with Gasteiger partial charge in [-0.3, -0.25) is 4.79 Å². The summed E-state index contributed by atoms with van der Waals surface area (Å²) in [4.78, 5) is 27.8. The maximum atomic E-state index is 11.6. The van der Waals surface area contributed by atoms with Crippen molar-refractivity contribution in [2.45, 2.75) is 18.9 Å². The third-order valence-corrected chi connectivity index (χ3v) is 3.30. The molecule has 1 fully saturated rings. The zero-order valence-corrected chi connectivity index (χ0v) is 10.7. The van der Waals surface area contributed by atoms with Crippen LogP contribution in [0.25, 0.3) is 0 Å². The summed E-state index contributed by atoms with van der Waals surface area (Å²) in [6.07, 6.45) is 0.615. The molecule has 0 bridgehead atoms. The van der Waals surface area contributed by atoms with Crippen molar-refractivity contribution >= 4 is 27.8 Å². The zero-order valence-electron chi connectivity index (χ0n) is 9.14. The highest BCUT2D eigenvalue weighted by atomic mass is 79.9. The Morgan fingerprint density at radius 3 is 2.71 bits per heavy atom. The third-order valence-electron chi connectivity index (χ3n) is 2.56. The van der Waals surface area contributed by atoms with Gasteiger partial charge in [-0.15, -0.1) is 0 Å². The molecule has 0 radical (unpaired) electrons. The largest absolute Gasteiger partial charge is 0.337 e. The Hall–Kier alpha value is -1.36. The van der Waals surface area contributed by atoms with Crippen LogP contribution in [0.3, 0.4) is 0 Å². The van der Waals surface area contributed by atoms with Crippen LogP contribution in [0.4, 0.5) is 0 Å². The number of alkyl halides is 1. The molecule has 1 unspecified atom stereocenters. The number of benzene rings is 1. The molecule has 17 heavy (non-hydrogen) atoms. The second-order valence-electron chi connectivity index (χ2n) is 3.86. The number of hydrogen-bond donors (Lipinski definition) is 0. The van der Waals surface area contributed by atoms with Gasteiger partial charge in [0.2, 0.25) is 0 Å². The second kappa shape index (κ2) is 5.31. The van der Waals surface area contributed by atoms with Gasteiger partial charge in [-0.2, -0.15) is 5.06 Å². The maximum absolute atomic E-state index is 11.6. The van der Waals surface area contributed by atoms with Gasteiger partial charge in [-0.05, 0) is 5.56 Å². The summed E-state index contributed by atoms with van der Waals surface area (Å²) in [5.41, 5.74) is 0.876. The van der Waals surface area contributed by atoms with E-state index in [0.29, 0.717) is 11.8 Å². The van der Waals surface area contributed by atoms with E-state index >= 15 is 0 Å². The third kappa shape index (κ3) is 2.85. The number of hydroxylamine groups is 2. The summed E-state index contributed by atoms with van der Waals surface area (Å²) in [5, 5.41) is 1.78. The molecule has 0 N–H and O–H groups in total. The molecular formula is C12H12BrNO3. The fourth-order valence-corrected chi connectivity index (χ4v) is 2.10. The fourth-order valence-electron chi connectivity index (χ4n) is 1.61. The summed E-state index contributed by atoms with van der Waals surface area (Å²) in [7, 11) is 0. The van der Waals surface area contributed by atoms with Crippen LogP contribution in [0.2, 0.25) is 0 Å². The molecule has 0 spiro atoms. The van der Waals surface area contributed by atoms with Crippen molar-refractivity contribution in [2.75, 3.05) is 5.33 Å². The van der Waals surface area contributed by atoms with E-state index in [0.717, 1.165) is 10.6 Å². The first-order valence-corrected chi connectivity index (χ1v) is 6.45. The highest BCUT2D eigenvalue weighted by molar-refractivity contribution is 9.09. The van der Waals surface area contributed by atoms with Crippen molar-refractivity contribution in [1.29, 1.82) is 0 Å². The van der Waals surface area contributed by atoms with Gasteiger partial charge in [-0.25, -0.2) is 4.79 Å². The Morgan fingerprint density at radius 2 is 2.12 bits per heavy atom. The van der Waals surface area contributed by atoms with Crippen LogP contribution in [0.5, 0.6) is 0 Å². The summed E-state index contributed by atoms with van der Waals surface area (Å²) < 4.78 is 0. The quantitative estimate of drug-likeness (QED) is 0.627. The monoisotopic (exact) mass is 297 g/mol. The number of rotatable bonds is 4. The maximum Gasteiger partial charge on any atom is 0.336 e. The molecule has 4 nitrogen and oxygen atoms in total. The van der Waals surface area contributed by atoms with Gasteiger partial charge in [0.15, 0.2) is 0 Å². The lowest BCUT2D eigenvalue weighted by Gasteiger charge is -2.36. The lowest BCUT2D eigenvalue weighted by molar-refractivity contribution is -0.223. The number of carbonyl (C=O) groups excluding carboxylic acids is 2. The van der Waals surface area contributed by atoms with Crippen molar-refractivity contribution in [3.63, 3.8) is 0 Å². The van der Waals surface area contributed by atoms with Gasteiger partial charge >= 0.3 is 5.97 Å². The first kappa shape index (κ1) is 12.1. The van der Waals surface area contributed by atoms with Crippen LogP contribution in [-0.2, 0) is 20.8 Å². The molecule has 2 rings (SSSR count). The Balaban J connectivity index is 1.87. The molecule has 1 aromatic carbocycles. The van der Waals surface area contributed by atoms with E-state index in [2.05, 4.69) is 15.9 Å². The molecule has 5 heteroatoms. The first-order chi connectivity index (χ1) is 8.20. The van der Waals surface area contributed by atoms with Gasteiger partial charge in [0, 0.05) is 5.33 Å². The van der Waals surface area contributed by atoms with Crippen molar-refractivity contribution in [3.8, 4) is 0 Å². The minimum absolute atomic E-state index is 0.0257. The number of amides is 1. The predicted molar refractivity (Wildman–Crippen MR) is 65.3 cm³/mol. The normalized spacial score (nSPS) is 18.8.